The van der Waals surface area contributed by atoms with Crippen LogP contribution < -0.4 is 10.5 Å². The normalized spacial score (nSPS) is 12.0. The number of ether oxygens (including phenoxy) is 2. The molecule has 1 aromatic rings. The predicted octanol–water partition coefficient (Wildman–Crippen LogP) is 0.832. The molecule has 2 N–H and O–H groups in total. The zero-order valence-corrected chi connectivity index (χ0v) is 10.4. The molecule has 1 unspecified atom stereocenters. The lowest BCUT2D eigenvalue weighted by molar-refractivity contribution is -0.142. The van der Waals surface area contributed by atoms with Gasteiger partial charge >= 0.3 is 5.97 Å². The molecule has 1 atom stereocenters. The van der Waals surface area contributed by atoms with Crippen LogP contribution in [0.5, 0.6) is 5.75 Å². The van der Waals surface area contributed by atoms with E-state index in [9.17, 15) is 4.79 Å². The van der Waals surface area contributed by atoms with Crippen molar-refractivity contribution in [1.82, 2.24) is 4.98 Å². The summed E-state index contributed by atoms with van der Waals surface area (Å²) < 4.78 is 9.86. The lowest BCUT2D eigenvalue weighted by Gasteiger charge is -2.12. The minimum atomic E-state index is -0.419. The highest BCUT2D eigenvalue weighted by molar-refractivity contribution is 5.70. The summed E-state index contributed by atoms with van der Waals surface area (Å²) in [5.74, 6) is 0.163. The van der Waals surface area contributed by atoms with Crippen molar-refractivity contribution in [2.75, 3.05) is 13.7 Å². The second-order valence-corrected chi connectivity index (χ2v) is 3.94. The molecule has 0 bridgehead atoms. The van der Waals surface area contributed by atoms with Crippen LogP contribution in [-0.2, 0) is 16.0 Å². The second kappa shape index (κ2) is 6.20. The van der Waals surface area contributed by atoms with E-state index in [0.29, 0.717) is 12.2 Å². The molecule has 5 heteroatoms. The molecule has 1 rings (SSSR count). The Morgan fingerprint density at radius 3 is 2.82 bits per heavy atom. The first-order valence-corrected chi connectivity index (χ1v) is 5.44. The number of methoxy groups -OCH3 is 1. The van der Waals surface area contributed by atoms with E-state index in [-0.39, 0.29) is 12.6 Å². The molecule has 0 spiro atoms. The molecule has 0 saturated heterocycles. The highest BCUT2D eigenvalue weighted by Crippen LogP contribution is 2.18. The molecule has 0 radical (unpaired) electrons. The first-order valence-electron chi connectivity index (χ1n) is 5.44. The van der Waals surface area contributed by atoms with E-state index in [2.05, 4.69) is 9.72 Å². The molecule has 0 aliphatic rings. The molecular formula is C12H18N2O3. The summed E-state index contributed by atoms with van der Waals surface area (Å²) in [5.41, 5.74) is 7.40. The van der Waals surface area contributed by atoms with Crippen molar-refractivity contribution >= 4 is 5.97 Å². The lowest BCUT2D eigenvalue weighted by atomic mass is 10.1. The first-order chi connectivity index (χ1) is 8.02. The maximum Gasteiger partial charge on any atom is 0.343 e. The standard InChI is InChI=1S/C12H18N2O3/c1-8(13)6-10-11(5-4-9(2)14-10)17-7-12(15)16-3/h4-5,8H,6-7,13H2,1-3H3. The van der Waals surface area contributed by atoms with Gasteiger partial charge in [0.15, 0.2) is 6.61 Å². The molecule has 1 aromatic heterocycles. The first kappa shape index (κ1) is 13.4. The number of aryl methyl sites for hydroxylation is 1. The van der Waals surface area contributed by atoms with Gasteiger partial charge in [-0.05, 0) is 26.0 Å². The maximum atomic E-state index is 11.0. The average molecular weight is 238 g/mol. The topological polar surface area (TPSA) is 74.4 Å². The Morgan fingerprint density at radius 1 is 1.53 bits per heavy atom. The van der Waals surface area contributed by atoms with Crippen LogP contribution in [0.25, 0.3) is 0 Å². The molecule has 1 heterocycles. The molecule has 0 aliphatic carbocycles. The van der Waals surface area contributed by atoms with Crippen LogP contribution in [0.1, 0.15) is 18.3 Å². The number of aromatic nitrogens is 1. The molecule has 5 nitrogen and oxygen atoms in total. The zero-order valence-electron chi connectivity index (χ0n) is 10.4. The second-order valence-electron chi connectivity index (χ2n) is 3.94. The fraction of sp³-hybridized carbons (Fsp3) is 0.500. The smallest absolute Gasteiger partial charge is 0.343 e. The van der Waals surface area contributed by atoms with E-state index < -0.39 is 5.97 Å². The van der Waals surface area contributed by atoms with Crippen molar-refractivity contribution in [3.05, 3.63) is 23.5 Å². The van der Waals surface area contributed by atoms with Gasteiger partial charge in [-0.1, -0.05) is 0 Å². The third kappa shape index (κ3) is 4.40. The third-order valence-corrected chi connectivity index (χ3v) is 2.16. The van der Waals surface area contributed by atoms with Crippen molar-refractivity contribution in [1.29, 1.82) is 0 Å². The van der Waals surface area contributed by atoms with Crippen LogP contribution in [0.3, 0.4) is 0 Å². The molecule has 94 valence electrons. The summed E-state index contributed by atoms with van der Waals surface area (Å²) >= 11 is 0. The highest BCUT2D eigenvalue weighted by atomic mass is 16.6. The van der Waals surface area contributed by atoms with Gasteiger partial charge in [-0.3, -0.25) is 4.98 Å². The summed E-state index contributed by atoms with van der Waals surface area (Å²) in [6.45, 7) is 3.68. The Morgan fingerprint density at radius 2 is 2.24 bits per heavy atom. The van der Waals surface area contributed by atoms with Gasteiger partial charge in [-0.25, -0.2) is 4.79 Å². The van der Waals surface area contributed by atoms with Crippen LogP contribution in [-0.4, -0.2) is 30.7 Å². The summed E-state index contributed by atoms with van der Waals surface area (Å²) in [6.07, 6.45) is 0.609. The summed E-state index contributed by atoms with van der Waals surface area (Å²) in [5, 5.41) is 0. The number of nitrogens with two attached hydrogens (primary N) is 1. The van der Waals surface area contributed by atoms with Crippen molar-refractivity contribution < 1.29 is 14.3 Å². The number of hydrogen-bond acceptors (Lipinski definition) is 5. The Labute approximate surface area is 101 Å². The van der Waals surface area contributed by atoms with Crippen LogP contribution >= 0.6 is 0 Å². The minimum absolute atomic E-state index is 0.00947. The molecule has 0 fully saturated rings. The van der Waals surface area contributed by atoms with Crippen molar-refractivity contribution in [3.63, 3.8) is 0 Å². The van der Waals surface area contributed by atoms with Crippen LogP contribution in [0.4, 0.5) is 0 Å². The number of carbonyl (C=O) groups is 1. The van der Waals surface area contributed by atoms with Crippen LogP contribution in [0.15, 0.2) is 12.1 Å². The Bertz CT molecular complexity index is 391. The van der Waals surface area contributed by atoms with E-state index in [0.717, 1.165) is 11.4 Å². The van der Waals surface area contributed by atoms with Gasteiger partial charge in [0.25, 0.3) is 0 Å². The van der Waals surface area contributed by atoms with Gasteiger partial charge in [0.05, 0.1) is 12.8 Å². The van der Waals surface area contributed by atoms with E-state index in [1.54, 1.807) is 6.07 Å². The van der Waals surface area contributed by atoms with Crippen LogP contribution in [0, 0.1) is 6.92 Å². The van der Waals surface area contributed by atoms with Gasteiger partial charge in [0, 0.05) is 18.2 Å². The molecule has 0 saturated carbocycles. The van der Waals surface area contributed by atoms with E-state index in [4.69, 9.17) is 10.5 Å². The summed E-state index contributed by atoms with van der Waals surface area (Å²) in [4.78, 5) is 15.4. The van der Waals surface area contributed by atoms with E-state index >= 15 is 0 Å². The monoisotopic (exact) mass is 238 g/mol. The van der Waals surface area contributed by atoms with Gasteiger partial charge in [0.1, 0.15) is 5.75 Å². The summed E-state index contributed by atoms with van der Waals surface area (Å²) in [7, 11) is 1.32. The lowest BCUT2D eigenvalue weighted by Crippen LogP contribution is -2.20. The fourth-order valence-electron chi connectivity index (χ4n) is 1.38. The largest absolute Gasteiger partial charge is 0.480 e. The fourth-order valence-corrected chi connectivity index (χ4v) is 1.38. The Kier molecular flexibility index (Phi) is 4.90. The minimum Gasteiger partial charge on any atom is -0.480 e. The molecular weight excluding hydrogens is 220 g/mol. The molecule has 0 aromatic carbocycles. The van der Waals surface area contributed by atoms with Crippen LogP contribution in [0.2, 0.25) is 0 Å². The number of esters is 1. The van der Waals surface area contributed by atoms with E-state index in [1.807, 2.05) is 19.9 Å². The van der Waals surface area contributed by atoms with Gasteiger partial charge in [0.2, 0.25) is 0 Å². The van der Waals surface area contributed by atoms with Gasteiger partial charge < -0.3 is 15.2 Å². The number of hydrogen-bond donors (Lipinski definition) is 1. The van der Waals surface area contributed by atoms with Gasteiger partial charge in [-0.15, -0.1) is 0 Å². The van der Waals surface area contributed by atoms with Gasteiger partial charge in [-0.2, -0.15) is 0 Å². The van der Waals surface area contributed by atoms with Crippen molar-refractivity contribution in [3.8, 4) is 5.75 Å². The number of rotatable bonds is 5. The van der Waals surface area contributed by atoms with Crippen molar-refractivity contribution in [2.45, 2.75) is 26.3 Å². The molecule has 0 amide bonds. The Balaban J connectivity index is 2.78. The Hall–Kier alpha value is -1.62. The summed E-state index contributed by atoms with van der Waals surface area (Å²) in [6, 6.07) is 3.62. The number of nitrogens with zero attached hydrogens (tertiary/aromatic N) is 1. The number of carbonyl (C=O) groups excluding carboxylic acids is 1. The quantitative estimate of drug-likeness (QED) is 0.769. The van der Waals surface area contributed by atoms with Crippen molar-refractivity contribution in [2.24, 2.45) is 5.73 Å². The van der Waals surface area contributed by atoms with E-state index in [1.165, 1.54) is 7.11 Å². The maximum absolute atomic E-state index is 11.0. The molecule has 17 heavy (non-hydrogen) atoms. The highest BCUT2D eigenvalue weighted by Gasteiger charge is 2.10. The number of pyridine rings is 1. The predicted molar refractivity (Wildman–Crippen MR) is 63.8 cm³/mol. The zero-order chi connectivity index (χ0) is 12.8. The third-order valence-electron chi connectivity index (χ3n) is 2.16. The SMILES string of the molecule is COC(=O)COc1ccc(C)nc1CC(C)N. The molecule has 0 aliphatic heterocycles. The average Bonchev–Trinajstić information content (AvgIpc) is 2.26.